The van der Waals surface area contributed by atoms with Gasteiger partial charge in [-0.2, -0.15) is 0 Å². The maximum atomic E-state index is 13.3. The number of ether oxygens (including phenoxy) is 1. The van der Waals surface area contributed by atoms with Crippen LogP contribution in [0.5, 0.6) is 0 Å². The van der Waals surface area contributed by atoms with E-state index in [-0.39, 0.29) is 6.04 Å². The molecule has 1 aromatic carbocycles. The van der Waals surface area contributed by atoms with Crippen LogP contribution in [0.15, 0.2) is 18.2 Å². The second-order valence-electron chi connectivity index (χ2n) is 2.96. The lowest BCUT2D eigenvalue weighted by Crippen LogP contribution is -2.22. The Hall–Kier alpha value is -1.00. The Morgan fingerprint density at radius 3 is 2.64 bits per heavy atom. The zero-order valence-corrected chi connectivity index (χ0v) is 8.18. The Bertz CT molecular complexity index is 304. The summed E-state index contributed by atoms with van der Waals surface area (Å²) in [6.45, 7) is 0.346. The first kappa shape index (κ1) is 11.1. The van der Waals surface area contributed by atoms with E-state index in [0.717, 1.165) is 6.07 Å². The van der Waals surface area contributed by atoms with Gasteiger partial charge in [-0.25, -0.2) is 8.78 Å². The summed E-state index contributed by atoms with van der Waals surface area (Å²) in [5, 5.41) is 2.89. The molecule has 1 atom stereocenters. The number of hydrogen-bond acceptors (Lipinski definition) is 2. The van der Waals surface area contributed by atoms with Gasteiger partial charge in [-0.1, -0.05) is 6.07 Å². The number of rotatable bonds is 4. The number of methoxy groups -OCH3 is 1. The van der Waals surface area contributed by atoms with Gasteiger partial charge in [0, 0.05) is 18.7 Å². The summed E-state index contributed by atoms with van der Waals surface area (Å²) in [7, 11) is 3.23. The Balaban J connectivity index is 2.92. The van der Waals surface area contributed by atoms with Gasteiger partial charge in [0.15, 0.2) is 0 Å². The molecule has 4 heteroatoms. The topological polar surface area (TPSA) is 21.3 Å². The minimum Gasteiger partial charge on any atom is -0.383 e. The summed E-state index contributed by atoms with van der Waals surface area (Å²) in [6, 6.07) is 3.28. The van der Waals surface area contributed by atoms with E-state index in [9.17, 15) is 8.78 Å². The van der Waals surface area contributed by atoms with Gasteiger partial charge in [-0.3, -0.25) is 0 Å². The lowest BCUT2D eigenvalue weighted by atomic mass is 10.1. The second kappa shape index (κ2) is 5.02. The Kier molecular flexibility index (Phi) is 3.98. The SMILES string of the molecule is CNC(COC)c1ccc(F)cc1F. The largest absolute Gasteiger partial charge is 0.383 e. The van der Waals surface area contributed by atoms with E-state index in [2.05, 4.69) is 5.32 Å². The molecule has 0 saturated carbocycles. The lowest BCUT2D eigenvalue weighted by molar-refractivity contribution is 0.169. The average Bonchev–Trinajstić information content (AvgIpc) is 2.15. The van der Waals surface area contributed by atoms with Crippen LogP contribution in [0, 0.1) is 11.6 Å². The molecule has 0 radical (unpaired) electrons. The molecule has 0 aliphatic carbocycles. The number of likely N-dealkylation sites (N-methyl/N-ethyl adjacent to an activating group) is 1. The van der Waals surface area contributed by atoms with E-state index < -0.39 is 11.6 Å². The third-order valence-electron chi connectivity index (χ3n) is 2.02. The molecular weight excluding hydrogens is 188 g/mol. The first-order chi connectivity index (χ1) is 6.69. The maximum Gasteiger partial charge on any atom is 0.130 e. The molecule has 0 aliphatic heterocycles. The van der Waals surface area contributed by atoms with Crippen molar-refractivity contribution in [2.45, 2.75) is 6.04 Å². The molecule has 1 N–H and O–H groups in total. The van der Waals surface area contributed by atoms with Crippen LogP contribution in [0.1, 0.15) is 11.6 Å². The number of halogens is 2. The fourth-order valence-corrected chi connectivity index (χ4v) is 1.28. The van der Waals surface area contributed by atoms with Crippen molar-refractivity contribution < 1.29 is 13.5 Å². The molecular formula is C10H13F2NO. The monoisotopic (exact) mass is 201 g/mol. The summed E-state index contributed by atoms with van der Waals surface area (Å²) < 4.78 is 30.8. The molecule has 2 nitrogen and oxygen atoms in total. The van der Waals surface area contributed by atoms with Gasteiger partial charge >= 0.3 is 0 Å². The zero-order valence-electron chi connectivity index (χ0n) is 8.18. The van der Waals surface area contributed by atoms with Crippen molar-refractivity contribution in [2.75, 3.05) is 20.8 Å². The molecule has 0 fully saturated rings. The molecule has 1 rings (SSSR count). The number of hydrogen-bond donors (Lipinski definition) is 1. The van der Waals surface area contributed by atoms with Gasteiger partial charge in [0.1, 0.15) is 11.6 Å². The molecule has 1 aromatic rings. The van der Waals surface area contributed by atoms with Crippen molar-refractivity contribution in [3.8, 4) is 0 Å². The van der Waals surface area contributed by atoms with Crippen molar-refractivity contribution in [3.05, 3.63) is 35.4 Å². The lowest BCUT2D eigenvalue weighted by Gasteiger charge is -2.16. The van der Waals surface area contributed by atoms with Gasteiger partial charge in [0.2, 0.25) is 0 Å². The van der Waals surface area contributed by atoms with Gasteiger partial charge < -0.3 is 10.1 Å². The smallest absolute Gasteiger partial charge is 0.130 e. The van der Waals surface area contributed by atoms with Crippen LogP contribution in [-0.4, -0.2) is 20.8 Å². The third-order valence-corrected chi connectivity index (χ3v) is 2.02. The third kappa shape index (κ3) is 2.49. The minimum atomic E-state index is -0.571. The average molecular weight is 201 g/mol. The van der Waals surface area contributed by atoms with Crippen LogP contribution in [0.4, 0.5) is 8.78 Å². The highest BCUT2D eigenvalue weighted by Crippen LogP contribution is 2.17. The molecule has 0 saturated heterocycles. The standard InChI is InChI=1S/C10H13F2NO/c1-13-10(6-14-2)8-4-3-7(11)5-9(8)12/h3-5,10,13H,6H2,1-2H3. The molecule has 0 spiro atoms. The van der Waals surface area contributed by atoms with Crippen molar-refractivity contribution in [3.63, 3.8) is 0 Å². The molecule has 14 heavy (non-hydrogen) atoms. The predicted octanol–water partition coefficient (Wildman–Crippen LogP) is 1.87. The first-order valence-electron chi connectivity index (χ1n) is 4.30. The highest BCUT2D eigenvalue weighted by atomic mass is 19.1. The Labute approximate surface area is 81.9 Å². The van der Waals surface area contributed by atoms with Crippen molar-refractivity contribution in [1.29, 1.82) is 0 Å². The Morgan fingerprint density at radius 1 is 1.43 bits per heavy atom. The molecule has 0 aliphatic rings. The second-order valence-corrected chi connectivity index (χ2v) is 2.96. The zero-order chi connectivity index (χ0) is 10.6. The summed E-state index contributed by atoms with van der Waals surface area (Å²) in [5.41, 5.74) is 0.413. The van der Waals surface area contributed by atoms with Gasteiger partial charge in [-0.15, -0.1) is 0 Å². The highest BCUT2D eigenvalue weighted by molar-refractivity contribution is 5.22. The predicted molar refractivity (Wildman–Crippen MR) is 50.0 cm³/mol. The van der Waals surface area contributed by atoms with E-state index in [1.165, 1.54) is 19.2 Å². The number of nitrogens with one attached hydrogen (secondary N) is 1. The van der Waals surface area contributed by atoms with Crippen molar-refractivity contribution in [2.24, 2.45) is 0 Å². The van der Waals surface area contributed by atoms with E-state index in [0.29, 0.717) is 12.2 Å². The molecule has 0 aromatic heterocycles. The van der Waals surface area contributed by atoms with Crippen LogP contribution < -0.4 is 5.32 Å². The fraction of sp³-hybridized carbons (Fsp3) is 0.400. The van der Waals surface area contributed by atoms with Crippen molar-refractivity contribution in [1.82, 2.24) is 5.32 Å². The summed E-state index contributed by atoms with van der Waals surface area (Å²) in [5.74, 6) is -1.13. The van der Waals surface area contributed by atoms with Gasteiger partial charge in [0.05, 0.1) is 12.6 Å². The van der Waals surface area contributed by atoms with Crippen LogP contribution in [0.25, 0.3) is 0 Å². The fourth-order valence-electron chi connectivity index (χ4n) is 1.28. The molecule has 0 bridgehead atoms. The van der Waals surface area contributed by atoms with Gasteiger partial charge in [-0.05, 0) is 13.1 Å². The highest BCUT2D eigenvalue weighted by Gasteiger charge is 2.13. The Morgan fingerprint density at radius 2 is 2.14 bits per heavy atom. The quantitative estimate of drug-likeness (QED) is 0.803. The van der Waals surface area contributed by atoms with E-state index in [1.807, 2.05) is 0 Å². The first-order valence-corrected chi connectivity index (χ1v) is 4.30. The minimum absolute atomic E-state index is 0.249. The van der Waals surface area contributed by atoms with Crippen LogP contribution in [-0.2, 0) is 4.74 Å². The molecule has 78 valence electrons. The molecule has 1 unspecified atom stereocenters. The number of benzene rings is 1. The van der Waals surface area contributed by atoms with Crippen LogP contribution >= 0.6 is 0 Å². The molecule has 0 amide bonds. The van der Waals surface area contributed by atoms with Crippen LogP contribution in [0.2, 0.25) is 0 Å². The van der Waals surface area contributed by atoms with Crippen molar-refractivity contribution >= 4 is 0 Å². The van der Waals surface area contributed by atoms with Crippen LogP contribution in [0.3, 0.4) is 0 Å². The van der Waals surface area contributed by atoms with E-state index in [1.54, 1.807) is 7.05 Å². The molecule has 0 heterocycles. The van der Waals surface area contributed by atoms with E-state index >= 15 is 0 Å². The maximum absolute atomic E-state index is 13.3. The summed E-state index contributed by atoms with van der Waals surface area (Å²) in [6.07, 6.45) is 0. The van der Waals surface area contributed by atoms with Gasteiger partial charge in [0.25, 0.3) is 0 Å². The summed E-state index contributed by atoms with van der Waals surface area (Å²) in [4.78, 5) is 0. The summed E-state index contributed by atoms with van der Waals surface area (Å²) >= 11 is 0. The van der Waals surface area contributed by atoms with E-state index in [4.69, 9.17) is 4.74 Å². The normalized spacial score (nSPS) is 12.9.